The quantitative estimate of drug-likeness (QED) is 0.477. The number of ketones is 1. The molecular formula is C27H30N2O4S. The van der Waals surface area contributed by atoms with Crippen molar-refractivity contribution in [2.24, 2.45) is 0 Å². The molecule has 1 saturated heterocycles. The summed E-state index contributed by atoms with van der Waals surface area (Å²) in [5, 5.41) is 0.798. The van der Waals surface area contributed by atoms with Crippen molar-refractivity contribution in [1.82, 2.24) is 4.90 Å². The molecule has 1 unspecified atom stereocenters. The number of anilines is 1. The molecule has 1 fully saturated rings. The number of furan rings is 1. The molecule has 2 N–H and O–H groups in total. The number of carbonyl (C=O) groups is 1. The average Bonchev–Trinajstić information content (AvgIpc) is 3.44. The van der Waals surface area contributed by atoms with Crippen molar-refractivity contribution in [1.29, 1.82) is 0 Å². The predicted octanol–water partition coefficient (Wildman–Crippen LogP) is 5.07. The van der Waals surface area contributed by atoms with E-state index in [4.69, 9.17) is 10.2 Å². The summed E-state index contributed by atoms with van der Waals surface area (Å²) >= 11 is 0. The number of nitrogen functional groups attached to an aromatic ring is 1. The summed E-state index contributed by atoms with van der Waals surface area (Å²) in [6.07, 6.45) is 6.85. The molecule has 6 nitrogen and oxygen atoms in total. The molecule has 2 aromatic carbocycles. The summed E-state index contributed by atoms with van der Waals surface area (Å²) in [7, 11) is -3.55. The molecule has 178 valence electrons. The van der Waals surface area contributed by atoms with Crippen molar-refractivity contribution in [3.05, 3.63) is 65.2 Å². The number of benzene rings is 2. The summed E-state index contributed by atoms with van der Waals surface area (Å²) in [6.45, 7) is 3.98. The lowest BCUT2D eigenvalue weighted by Crippen LogP contribution is -2.32. The van der Waals surface area contributed by atoms with Gasteiger partial charge < -0.3 is 10.2 Å². The highest BCUT2D eigenvalue weighted by atomic mass is 32.2. The molecule has 0 radical (unpaired) electrons. The molecule has 7 heteroatoms. The van der Waals surface area contributed by atoms with Gasteiger partial charge in [-0.25, -0.2) is 8.42 Å². The second-order valence-electron chi connectivity index (χ2n) is 9.27. The maximum atomic E-state index is 13.5. The van der Waals surface area contributed by atoms with E-state index in [0.717, 1.165) is 42.5 Å². The normalized spacial score (nSPS) is 18.7. The number of sulfone groups is 1. The van der Waals surface area contributed by atoms with E-state index in [1.165, 1.54) is 18.9 Å². The summed E-state index contributed by atoms with van der Waals surface area (Å²) < 4.78 is 31.7. The largest absolute Gasteiger partial charge is 0.440 e. The third-order valence-electron chi connectivity index (χ3n) is 7.06. The van der Waals surface area contributed by atoms with Crippen molar-refractivity contribution in [2.75, 3.05) is 24.6 Å². The first-order valence-electron chi connectivity index (χ1n) is 12.0. The Kier molecular flexibility index (Phi) is 6.08. The first-order chi connectivity index (χ1) is 16.4. The van der Waals surface area contributed by atoms with Crippen LogP contribution in [-0.4, -0.2) is 44.0 Å². The molecular weight excluding hydrogens is 448 g/mol. The Morgan fingerprint density at radius 2 is 2.03 bits per heavy atom. The first kappa shape index (κ1) is 22.9. The lowest BCUT2D eigenvalue weighted by Gasteiger charge is -2.29. The minimum atomic E-state index is -3.55. The number of carbonyl (C=O) groups excluding carboxylic acids is 1. The third kappa shape index (κ3) is 4.07. The van der Waals surface area contributed by atoms with E-state index in [9.17, 15) is 13.2 Å². The molecule has 34 heavy (non-hydrogen) atoms. The van der Waals surface area contributed by atoms with Gasteiger partial charge in [-0.15, -0.1) is 0 Å². The summed E-state index contributed by atoms with van der Waals surface area (Å²) in [5.74, 6) is 0.0735. The van der Waals surface area contributed by atoms with Crippen molar-refractivity contribution < 1.29 is 17.6 Å². The van der Waals surface area contributed by atoms with Gasteiger partial charge in [0.05, 0.1) is 10.6 Å². The Bertz CT molecular complexity index is 1390. The smallest absolute Gasteiger partial charge is 0.199 e. The van der Waals surface area contributed by atoms with E-state index in [2.05, 4.69) is 11.0 Å². The molecule has 2 aliphatic rings. The lowest BCUT2D eigenvalue weighted by molar-refractivity contribution is 0.103. The number of nitrogens with two attached hydrogens (primary N) is 1. The maximum absolute atomic E-state index is 13.5. The summed E-state index contributed by atoms with van der Waals surface area (Å²) in [5.41, 5.74) is 9.57. The van der Waals surface area contributed by atoms with Crippen molar-refractivity contribution in [2.45, 2.75) is 50.0 Å². The van der Waals surface area contributed by atoms with Gasteiger partial charge in [0.15, 0.2) is 21.5 Å². The van der Waals surface area contributed by atoms with Gasteiger partial charge in [0.25, 0.3) is 0 Å². The Morgan fingerprint density at radius 3 is 2.85 bits per heavy atom. The topological polar surface area (TPSA) is 93.6 Å². The molecule has 1 aromatic heterocycles. The van der Waals surface area contributed by atoms with Crippen LogP contribution in [0.4, 0.5) is 5.88 Å². The molecule has 2 aliphatic heterocycles. The highest BCUT2D eigenvalue weighted by Gasteiger charge is 2.30. The first-order valence-corrected chi connectivity index (χ1v) is 13.7. The van der Waals surface area contributed by atoms with Gasteiger partial charge in [-0.05, 0) is 68.1 Å². The number of unbranched alkanes of at least 4 members (excludes halogenated alkanes) is 1. The number of fused-ring (bicyclic) bond motifs is 2. The van der Waals surface area contributed by atoms with E-state index in [-0.39, 0.29) is 22.0 Å². The average molecular weight is 479 g/mol. The Labute approximate surface area is 200 Å². The van der Waals surface area contributed by atoms with Gasteiger partial charge in [0.2, 0.25) is 0 Å². The molecule has 0 amide bonds. The van der Waals surface area contributed by atoms with Crippen LogP contribution < -0.4 is 5.73 Å². The highest BCUT2D eigenvalue weighted by Crippen LogP contribution is 2.40. The molecule has 3 aromatic rings. The fourth-order valence-electron chi connectivity index (χ4n) is 5.25. The van der Waals surface area contributed by atoms with Crippen molar-refractivity contribution in [3.63, 3.8) is 0 Å². The van der Waals surface area contributed by atoms with Gasteiger partial charge in [0, 0.05) is 34.7 Å². The van der Waals surface area contributed by atoms with Gasteiger partial charge in [-0.2, -0.15) is 0 Å². The maximum Gasteiger partial charge on any atom is 0.199 e. The number of rotatable bonds is 7. The van der Waals surface area contributed by atoms with E-state index in [0.29, 0.717) is 29.5 Å². The Hall–Kier alpha value is -2.90. The number of nitrogens with zero attached hydrogens (tertiary/aromatic N) is 1. The highest BCUT2D eigenvalue weighted by molar-refractivity contribution is 7.91. The zero-order valence-corrected chi connectivity index (χ0v) is 20.2. The van der Waals surface area contributed by atoms with E-state index >= 15 is 0 Å². The molecule has 0 bridgehead atoms. The molecule has 0 aliphatic carbocycles. The summed E-state index contributed by atoms with van der Waals surface area (Å²) in [4.78, 5) is 16.1. The van der Waals surface area contributed by atoms with Gasteiger partial charge in [-0.3, -0.25) is 9.69 Å². The zero-order valence-electron chi connectivity index (χ0n) is 19.4. The standard InChI is InChI=1S/C27H30N2O4S/c1-2-3-15-34(31,32)24-9-5-4-8-21(24)26(30)19-10-11-23-22(17-19)25(27(28)33-23)18-12-14-29-13-6-7-20(29)16-18/h4-5,8-12,17,20H,2-3,6-7,13-16,28H2,1H3. The fourth-order valence-corrected chi connectivity index (χ4v) is 6.92. The second-order valence-corrected chi connectivity index (χ2v) is 11.4. The van der Waals surface area contributed by atoms with Crippen LogP contribution in [-0.2, 0) is 9.84 Å². The van der Waals surface area contributed by atoms with E-state index < -0.39 is 9.84 Å². The van der Waals surface area contributed by atoms with Gasteiger partial charge in [0.1, 0.15) is 5.58 Å². The van der Waals surface area contributed by atoms with Crippen LogP contribution in [0.5, 0.6) is 0 Å². The minimum Gasteiger partial charge on any atom is -0.440 e. The minimum absolute atomic E-state index is 0.0293. The van der Waals surface area contributed by atoms with Crippen LogP contribution >= 0.6 is 0 Å². The summed E-state index contributed by atoms with van der Waals surface area (Å²) in [6, 6.07) is 12.2. The molecule has 0 spiro atoms. The van der Waals surface area contributed by atoms with Crippen molar-refractivity contribution >= 4 is 38.0 Å². The number of hydrogen-bond donors (Lipinski definition) is 1. The zero-order chi connectivity index (χ0) is 23.9. The monoisotopic (exact) mass is 478 g/mol. The SMILES string of the molecule is CCCCS(=O)(=O)c1ccccc1C(=O)c1ccc2oc(N)c(C3=CCN4CCCC4C3)c2c1. The molecule has 0 saturated carbocycles. The third-order valence-corrected chi connectivity index (χ3v) is 8.91. The van der Waals surface area contributed by atoms with Crippen LogP contribution in [0, 0.1) is 0 Å². The molecule has 3 heterocycles. The van der Waals surface area contributed by atoms with Crippen LogP contribution in [0.25, 0.3) is 16.5 Å². The van der Waals surface area contributed by atoms with Crippen LogP contribution in [0.2, 0.25) is 0 Å². The Morgan fingerprint density at radius 1 is 1.21 bits per heavy atom. The van der Waals surface area contributed by atoms with E-state index in [1.54, 1.807) is 36.4 Å². The van der Waals surface area contributed by atoms with E-state index in [1.807, 2.05) is 6.92 Å². The second kappa shape index (κ2) is 9.04. The predicted molar refractivity (Wildman–Crippen MR) is 135 cm³/mol. The van der Waals surface area contributed by atoms with Crippen molar-refractivity contribution in [3.8, 4) is 0 Å². The fraction of sp³-hybridized carbons (Fsp3) is 0.370. The Balaban J connectivity index is 1.54. The molecule has 1 atom stereocenters. The van der Waals surface area contributed by atoms with Gasteiger partial charge in [-0.1, -0.05) is 31.6 Å². The van der Waals surface area contributed by atoms with Crippen LogP contribution in [0.1, 0.15) is 60.5 Å². The van der Waals surface area contributed by atoms with Crippen LogP contribution in [0.15, 0.2) is 57.9 Å². The van der Waals surface area contributed by atoms with Crippen LogP contribution in [0.3, 0.4) is 0 Å². The van der Waals surface area contributed by atoms with Gasteiger partial charge >= 0.3 is 0 Å². The lowest BCUT2D eigenvalue weighted by atomic mass is 9.92. The number of hydrogen-bond acceptors (Lipinski definition) is 6. The molecule has 5 rings (SSSR count).